The number of hydrogen-bond acceptors (Lipinski definition) is 4. The van der Waals surface area contributed by atoms with Gasteiger partial charge in [-0.1, -0.05) is 0 Å². The third-order valence-electron chi connectivity index (χ3n) is 3.09. The normalized spacial score (nSPS) is 10.8. The van der Waals surface area contributed by atoms with Crippen molar-refractivity contribution in [2.75, 3.05) is 20.8 Å². The molecule has 4 heteroatoms. The largest absolute Gasteiger partial charge is 0.496 e. The van der Waals surface area contributed by atoms with Gasteiger partial charge in [-0.25, -0.2) is 0 Å². The molecule has 0 spiro atoms. The summed E-state index contributed by atoms with van der Waals surface area (Å²) in [5.74, 6) is 2.16. The molecular weight excluding hydrogens is 254 g/mol. The number of methoxy groups -OCH3 is 2. The lowest BCUT2D eigenvalue weighted by molar-refractivity contribution is 0.291. The Labute approximate surface area is 121 Å². The molecule has 20 heavy (non-hydrogen) atoms. The van der Waals surface area contributed by atoms with Crippen molar-refractivity contribution >= 4 is 0 Å². The predicted molar refractivity (Wildman–Crippen MR) is 78.3 cm³/mol. The molecule has 0 unspecified atom stereocenters. The first-order valence-corrected chi connectivity index (χ1v) is 6.78. The van der Waals surface area contributed by atoms with E-state index in [0.717, 1.165) is 25.0 Å². The van der Waals surface area contributed by atoms with Crippen molar-refractivity contribution in [3.8, 4) is 23.3 Å². The lowest BCUT2D eigenvalue weighted by Gasteiger charge is -2.14. The van der Waals surface area contributed by atoms with E-state index in [9.17, 15) is 0 Å². The van der Waals surface area contributed by atoms with Crippen LogP contribution in [0.3, 0.4) is 0 Å². The van der Waals surface area contributed by atoms with Crippen LogP contribution in [0.5, 0.6) is 17.2 Å². The second-order valence-electron chi connectivity index (χ2n) is 5.35. The Morgan fingerprint density at radius 3 is 2.05 bits per heavy atom. The number of nitrogens with zero attached hydrogens (tertiary/aromatic N) is 1. The van der Waals surface area contributed by atoms with Crippen molar-refractivity contribution in [2.24, 2.45) is 5.41 Å². The van der Waals surface area contributed by atoms with Crippen molar-refractivity contribution in [2.45, 2.75) is 33.1 Å². The zero-order valence-corrected chi connectivity index (χ0v) is 12.7. The Hall–Kier alpha value is -1.89. The monoisotopic (exact) mass is 277 g/mol. The smallest absolute Gasteiger partial charge is 0.126 e. The van der Waals surface area contributed by atoms with Crippen LogP contribution in [0.15, 0.2) is 18.2 Å². The minimum atomic E-state index is -0.251. The van der Waals surface area contributed by atoms with Gasteiger partial charge in [0.05, 0.1) is 32.3 Å². The summed E-state index contributed by atoms with van der Waals surface area (Å²) in [5.41, 5.74) is -0.251. The van der Waals surface area contributed by atoms with E-state index in [1.54, 1.807) is 14.2 Å². The highest BCUT2D eigenvalue weighted by atomic mass is 16.5. The molecule has 0 N–H and O–H groups in total. The SMILES string of the molecule is COc1cc(OC)cc(OCCCCC(C)(C)C#N)c1. The highest BCUT2D eigenvalue weighted by molar-refractivity contribution is 5.41. The molecule has 0 bridgehead atoms. The zero-order valence-electron chi connectivity index (χ0n) is 12.7. The Balaban J connectivity index is 2.41. The summed E-state index contributed by atoms with van der Waals surface area (Å²) in [6.45, 7) is 4.54. The summed E-state index contributed by atoms with van der Waals surface area (Å²) >= 11 is 0. The maximum Gasteiger partial charge on any atom is 0.126 e. The average Bonchev–Trinajstić information content (AvgIpc) is 2.46. The van der Waals surface area contributed by atoms with Crippen molar-refractivity contribution in [3.05, 3.63) is 18.2 Å². The van der Waals surface area contributed by atoms with Gasteiger partial charge in [0.15, 0.2) is 0 Å². The molecule has 0 radical (unpaired) electrons. The zero-order chi connectivity index (χ0) is 15.0. The van der Waals surface area contributed by atoms with Crippen molar-refractivity contribution in [1.29, 1.82) is 5.26 Å². The number of unbranched alkanes of at least 4 members (excludes halogenated alkanes) is 1. The van der Waals surface area contributed by atoms with Gasteiger partial charge in [-0.3, -0.25) is 0 Å². The Bertz CT molecular complexity index is 441. The molecule has 110 valence electrons. The Morgan fingerprint density at radius 2 is 1.55 bits per heavy atom. The summed E-state index contributed by atoms with van der Waals surface area (Å²) in [4.78, 5) is 0. The Kier molecular flexibility index (Phi) is 6.17. The standard InChI is InChI=1S/C16H23NO3/c1-16(2,12-17)7-5-6-8-20-15-10-13(18-3)9-14(11-15)19-4/h9-11H,5-8H2,1-4H3. The van der Waals surface area contributed by atoms with Crippen LogP contribution in [0, 0.1) is 16.7 Å². The van der Waals surface area contributed by atoms with Gasteiger partial charge >= 0.3 is 0 Å². The van der Waals surface area contributed by atoms with Crippen LogP contribution in [0.25, 0.3) is 0 Å². The van der Waals surface area contributed by atoms with E-state index in [1.165, 1.54) is 0 Å². The molecule has 1 rings (SSSR count). The van der Waals surface area contributed by atoms with Crippen LogP contribution in [0.1, 0.15) is 33.1 Å². The van der Waals surface area contributed by atoms with Crippen molar-refractivity contribution in [1.82, 2.24) is 0 Å². The number of rotatable bonds is 8. The van der Waals surface area contributed by atoms with Gasteiger partial charge in [-0.05, 0) is 33.1 Å². The van der Waals surface area contributed by atoms with Crippen LogP contribution in [-0.2, 0) is 0 Å². The van der Waals surface area contributed by atoms with Crippen LogP contribution in [0.4, 0.5) is 0 Å². The minimum absolute atomic E-state index is 0.251. The van der Waals surface area contributed by atoms with Crippen LogP contribution in [0.2, 0.25) is 0 Å². The highest BCUT2D eigenvalue weighted by Gasteiger charge is 2.15. The lowest BCUT2D eigenvalue weighted by atomic mass is 9.89. The molecule has 0 aliphatic rings. The average molecular weight is 277 g/mol. The number of ether oxygens (including phenoxy) is 3. The third kappa shape index (κ3) is 5.40. The lowest BCUT2D eigenvalue weighted by Crippen LogP contribution is -2.08. The fraction of sp³-hybridized carbons (Fsp3) is 0.562. The first-order chi connectivity index (χ1) is 9.50. The quantitative estimate of drug-likeness (QED) is 0.678. The molecule has 0 saturated heterocycles. The van der Waals surface area contributed by atoms with Gasteiger partial charge < -0.3 is 14.2 Å². The molecular formula is C16H23NO3. The first kappa shape index (κ1) is 16.2. The summed E-state index contributed by atoms with van der Waals surface area (Å²) < 4.78 is 16.1. The molecule has 0 aliphatic carbocycles. The predicted octanol–water partition coefficient (Wildman–Crippen LogP) is 3.80. The maximum absolute atomic E-state index is 8.93. The number of benzene rings is 1. The van der Waals surface area contributed by atoms with Gasteiger partial charge in [-0.15, -0.1) is 0 Å². The third-order valence-corrected chi connectivity index (χ3v) is 3.09. The first-order valence-electron chi connectivity index (χ1n) is 6.78. The molecule has 4 nitrogen and oxygen atoms in total. The fourth-order valence-electron chi connectivity index (χ4n) is 1.78. The molecule has 0 fully saturated rings. The Morgan fingerprint density at radius 1 is 1.00 bits per heavy atom. The summed E-state index contributed by atoms with van der Waals surface area (Å²) in [5, 5.41) is 8.93. The van der Waals surface area contributed by atoms with Crippen molar-refractivity contribution < 1.29 is 14.2 Å². The summed E-state index contributed by atoms with van der Waals surface area (Å²) in [6.07, 6.45) is 2.78. The van der Waals surface area contributed by atoms with Crippen LogP contribution < -0.4 is 14.2 Å². The van der Waals surface area contributed by atoms with E-state index in [-0.39, 0.29) is 5.41 Å². The second-order valence-corrected chi connectivity index (χ2v) is 5.35. The fourth-order valence-corrected chi connectivity index (χ4v) is 1.78. The van der Waals surface area contributed by atoms with E-state index >= 15 is 0 Å². The summed E-state index contributed by atoms with van der Waals surface area (Å²) in [7, 11) is 3.23. The van der Waals surface area contributed by atoms with Crippen LogP contribution >= 0.6 is 0 Å². The number of hydrogen-bond donors (Lipinski definition) is 0. The van der Waals surface area contributed by atoms with Crippen molar-refractivity contribution in [3.63, 3.8) is 0 Å². The molecule has 0 amide bonds. The molecule has 0 aliphatic heterocycles. The molecule has 0 atom stereocenters. The highest BCUT2D eigenvalue weighted by Crippen LogP contribution is 2.27. The topological polar surface area (TPSA) is 51.5 Å². The van der Waals surface area contributed by atoms with Gasteiger partial charge in [0.25, 0.3) is 0 Å². The minimum Gasteiger partial charge on any atom is -0.496 e. The van der Waals surface area contributed by atoms with E-state index in [1.807, 2.05) is 32.0 Å². The number of nitriles is 1. The molecule has 1 aromatic rings. The molecule has 1 aromatic carbocycles. The molecule has 0 saturated carbocycles. The summed E-state index contributed by atoms with van der Waals surface area (Å²) in [6, 6.07) is 7.78. The van der Waals surface area contributed by atoms with E-state index in [0.29, 0.717) is 18.1 Å². The molecule has 0 aromatic heterocycles. The molecule has 0 heterocycles. The van der Waals surface area contributed by atoms with E-state index < -0.39 is 0 Å². The van der Waals surface area contributed by atoms with Gasteiger partial charge in [0.1, 0.15) is 17.2 Å². The van der Waals surface area contributed by atoms with E-state index in [4.69, 9.17) is 19.5 Å². The van der Waals surface area contributed by atoms with Gasteiger partial charge in [-0.2, -0.15) is 5.26 Å². The van der Waals surface area contributed by atoms with Gasteiger partial charge in [0.2, 0.25) is 0 Å². The van der Waals surface area contributed by atoms with Crippen LogP contribution in [-0.4, -0.2) is 20.8 Å². The van der Waals surface area contributed by atoms with E-state index in [2.05, 4.69) is 6.07 Å². The maximum atomic E-state index is 8.93. The second kappa shape index (κ2) is 7.64. The van der Waals surface area contributed by atoms with Gasteiger partial charge in [0, 0.05) is 18.2 Å².